The number of carbonyl (C=O) groups excluding carboxylic acids is 1. The smallest absolute Gasteiger partial charge is 0.326 e. The van der Waals surface area contributed by atoms with E-state index in [0.29, 0.717) is 13.0 Å². The zero-order valence-electron chi connectivity index (χ0n) is 11.3. The summed E-state index contributed by atoms with van der Waals surface area (Å²) in [5.74, 6) is -0.978. The van der Waals surface area contributed by atoms with Crippen LogP contribution in [0.5, 0.6) is 0 Å². The summed E-state index contributed by atoms with van der Waals surface area (Å²) in [6, 6.07) is -0.863. The van der Waals surface area contributed by atoms with Gasteiger partial charge in [-0.25, -0.2) is 9.59 Å². The molecule has 1 heterocycles. The Kier molecular flexibility index (Phi) is 5.40. The van der Waals surface area contributed by atoms with Gasteiger partial charge in [0, 0.05) is 19.1 Å². The number of hydrogen-bond acceptors (Lipinski definition) is 3. The molecule has 6 nitrogen and oxygen atoms in total. The van der Waals surface area contributed by atoms with Gasteiger partial charge >= 0.3 is 12.0 Å². The van der Waals surface area contributed by atoms with Crippen LogP contribution in [0.3, 0.4) is 0 Å². The highest BCUT2D eigenvalue weighted by molar-refractivity contribution is 5.82. The number of hydrogen-bond donors (Lipinski definition) is 2. The minimum atomic E-state index is -0.978. The molecule has 2 N–H and O–H groups in total. The maximum absolute atomic E-state index is 12.0. The van der Waals surface area contributed by atoms with E-state index in [1.165, 1.54) is 0 Å². The summed E-state index contributed by atoms with van der Waals surface area (Å²) in [5.41, 5.74) is 0. The van der Waals surface area contributed by atoms with Crippen LogP contribution in [-0.2, 0) is 4.79 Å². The Morgan fingerprint density at radius 3 is 2.67 bits per heavy atom. The zero-order valence-corrected chi connectivity index (χ0v) is 11.3. The highest BCUT2D eigenvalue weighted by Gasteiger charge is 2.30. The maximum atomic E-state index is 12.0. The molecule has 1 rings (SSSR count). The molecule has 0 aromatic rings. The average Bonchev–Trinajstić information content (AvgIpc) is 2.72. The van der Waals surface area contributed by atoms with Gasteiger partial charge in [-0.3, -0.25) is 0 Å². The van der Waals surface area contributed by atoms with Crippen LogP contribution in [-0.4, -0.2) is 66.2 Å². The van der Waals surface area contributed by atoms with Crippen LogP contribution in [0.1, 0.15) is 26.2 Å². The van der Waals surface area contributed by atoms with Crippen molar-refractivity contribution in [2.45, 2.75) is 38.3 Å². The molecule has 0 bridgehead atoms. The molecular weight excluding hydrogens is 234 g/mol. The van der Waals surface area contributed by atoms with E-state index in [4.69, 9.17) is 5.11 Å². The minimum Gasteiger partial charge on any atom is -0.480 e. The van der Waals surface area contributed by atoms with E-state index in [0.717, 1.165) is 19.4 Å². The van der Waals surface area contributed by atoms with Crippen molar-refractivity contribution in [1.29, 1.82) is 0 Å². The van der Waals surface area contributed by atoms with Crippen molar-refractivity contribution in [3.8, 4) is 0 Å². The second-order valence-corrected chi connectivity index (χ2v) is 5.00. The largest absolute Gasteiger partial charge is 0.480 e. The van der Waals surface area contributed by atoms with Gasteiger partial charge < -0.3 is 20.2 Å². The van der Waals surface area contributed by atoms with Gasteiger partial charge in [0.25, 0.3) is 0 Å². The molecule has 6 heteroatoms. The van der Waals surface area contributed by atoms with Crippen LogP contribution in [0, 0.1) is 0 Å². The van der Waals surface area contributed by atoms with Gasteiger partial charge in [-0.2, -0.15) is 0 Å². The van der Waals surface area contributed by atoms with Crippen molar-refractivity contribution in [3.63, 3.8) is 0 Å². The average molecular weight is 257 g/mol. The highest BCUT2D eigenvalue weighted by atomic mass is 16.4. The first kappa shape index (κ1) is 14.8. The number of amides is 2. The number of carbonyl (C=O) groups is 2. The summed E-state index contributed by atoms with van der Waals surface area (Å²) in [6.45, 7) is 3.28. The van der Waals surface area contributed by atoms with E-state index < -0.39 is 12.0 Å². The molecule has 0 spiro atoms. The zero-order chi connectivity index (χ0) is 13.7. The molecule has 1 aliphatic rings. The molecule has 1 fully saturated rings. The number of nitrogens with zero attached hydrogens (tertiary/aromatic N) is 2. The molecule has 0 saturated carbocycles. The standard InChI is InChI=1S/C12H23N3O3/c1-4-10(11(16)17)13-12(18)15-7-5-6-9(15)8-14(2)3/h9-10H,4-8H2,1-3H3,(H,13,18)(H,16,17). The number of carboxylic acids is 1. The Bertz CT molecular complexity index is 307. The normalized spacial score (nSPS) is 21.1. The highest BCUT2D eigenvalue weighted by Crippen LogP contribution is 2.17. The summed E-state index contributed by atoms with van der Waals surface area (Å²) in [5, 5.41) is 11.5. The van der Waals surface area contributed by atoms with Crippen molar-refractivity contribution in [2.24, 2.45) is 0 Å². The van der Waals surface area contributed by atoms with E-state index in [1.54, 1.807) is 11.8 Å². The lowest BCUT2D eigenvalue weighted by atomic mass is 10.2. The summed E-state index contributed by atoms with van der Waals surface area (Å²) < 4.78 is 0. The fourth-order valence-corrected chi connectivity index (χ4v) is 2.28. The fraction of sp³-hybridized carbons (Fsp3) is 0.833. The van der Waals surface area contributed by atoms with Gasteiger partial charge in [0.1, 0.15) is 6.04 Å². The Balaban J connectivity index is 2.57. The molecule has 2 atom stereocenters. The lowest BCUT2D eigenvalue weighted by Crippen LogP contribution is -2.51. The quantitative estimate of drug-likeness (QED) is 0.756. The number of urea groups is 1. The minimum absolute atomic E-state index is 0.186. The second kappa shape index (κ2) is 6.58. The van der Waals surface area contributed by atoms with Crippen LogP contribution < -0.4 is 5.32 Å². The second-order valence-electron chi connectivity index (χ2n) is 5.00. The van der Waals surface area contributed by atoms with Crippen LogP contribution in [0.25, 0.3) is 0 Å². The third-order valence-electron chi connectivity index (χ3n) is 3.22. The topological polar surface area (TPSA) is 72.9 Å². The lowest BCUT2D eigenvalue weighted by Gasteiger charge is -2.28. The Labute approximate surface area is 108 Å². The van der Waals surface area contributed by atoms with Crippen LogP contribution >= 0.6 is 0 Å². The maximum Gasteiger partial charge on any atom is 0.326 e. The fourth-order valence-electron chi connectivity index (χ4n) is 2.28. The van der Waals surface area contributed by atoms with E-state index >= 15 is 0 Å². The molecular formula is C12H23N3O3. The van der Waals surface area contributed by atoms with E-state index in [-0.39, 0.29) is 12.1 Å². The van der Waals surface area contributed by atoms with Gasteiger partial charge in [-0.05, 0) is 33.4 Å². The van der Waals surface area contributed by atoms with Crippen molar-refractivity contribution >= 4 is 12.0 Å². The Morgan fingerprint density at radius 2 is 2.17 bits per heavy atom. The lowest BCUT2D eigenvalue weighted by molar-refractivity contribution is -0.139. The number of rotatable bonds is 5. The molecule has 18 heavy (non-hydrogen) atoms. The molecule has 0 aliphatic carbocycles. The summed E-state index contributed by atoms with van der Waals surface area (Å²) in [6.07, 6.45) is 2.36. The number of aliphatic carboxylic acids is 1. The van der Waals surface area contributed by atoms with Crippen molar-refractivity contribution in [1.82, 2.24) is 15.1 Å². The number of likely N-dealkylation sites (N-methyl/N-ethyl adjacent to an activating group) is 1. The summed E-state index contributed by atoms with van der Waals surface area (Å²) >= 11 is 0. The van der Waals surface area contributed by atoms with E-state index in [9.17, 15) is 9.59 Å². The first-order valence-corrected chi connectivity index (χ1v) is 6.40. The number of carboxylic acid groups (broad SMARTS) is 1. The summed E-state index contributed by atoms with van der Waals surface area (Å²) in [4.78, 5) is 26.7. The molecule has 2 unspecified atom stereocenters. The van der Waals surface area contributed by atoms with E-state index in [1.807, 2.05) is 19.0 Å². The van der Waals surface area contributed by atoms with Gasteiger partial charge in [0.05, 0.1) is 0 Å². The van der Waals surface area contributed by atoms with Gasteiger partial charge in [-0.15, -0.1) is 0 Å². The predicted molar refractivity (Wildman–Crippen MR) is 68.5 cm³/mol. The first-order chi connectivity index (χ1) is 8.45. The predicted octanol–water partition coefficient (Wildman–Crippen LogP) is 0.585. The SMILES string of the molecule is CCC(NC(=O)N1CCCC1CN(C)C)C(=O)O. The summed E-state index contributed by atoms with van der Waals surface area (Å²) in [7, 11) is 3.95. The molecule has 0 aromatic carbocycles. The van der Waals surface area contributed by atoms with Gasteiger partial charge in [0.15, 0.2) is 0 Å². The van der Waals surface area contributed by atoms with Gasteiger partial charge in [-0.1, -0.05) is 6.92 Å². The van der Waals surface area contributed by atoms with Crippen LogP contribution in [0.15, 0.2) is 0 Å². The Morgan fingerprint density at radius 1 is 1.50 bits per heavy atom. The van der Waals surface area contributed by atoms with E-state index in [2.05, 4.69) is 5.32 Å². The number of likely N-dealkylation sites (tertiary alicyclic amines) is 1. The molecule has 2 amide bonds. The molecule has 1 saturated heterocycles. The van der Waals surface area contributed by atoms with Gasteiger partial charge in [0.2, 0.25) is 0 Å². The van der Waals surface area contributed by atoms with Crippen molar-refractivity contribution in [2.75, 3.05) is 27.2 Å². The van der Waals surface area contributed by atoms with Crippen LogP contribution in [0.4, 0.5) is 4.79 Å². The third kappa shape index (κ3) is 3.87. The van der Waals surface area contributed by atoms with Crippen LogP contribution in [0.2, 0.25) is 0 Å². The number of nitrogens with one attached hydrogen (secondary N) is 1. The Hall–Kier alpha value is -1.30. The molecule has 0 radical (unpaired) electrons. The molecule has 0 aromatic heterocycles. The van der Waals surface area contributed by atoms with Crippen molar-refractivity contribution in [3.05, 3.63) is 0 Å². The van der Waals surface area contributed by atoms with Crippen molar-refractivity contribution < 1.29 is 14.7 Å². The molecule has 1 aliphatic heterocycles. The monoisotopic (exact) mass is 257 g/mol. The third-order valence-corrected chi connectivity index (χ3v) is 3.22. The first-order valence-electron chi connectivity index (χ1n) is 6.40. The molecule has 104 valence electrons.